The van der Waals surface area contributed by atoms with Crippen molar-refractivity contribution < 1.29 is 9.90 Å². The zero-order chi connectivity index (χ0) is 12.6. The molecule has 2 amide bonds. The van der Waals surface area contributed by atoms with Crippen LogP contribution in [-0.2, 0) is 0 Å². The standard InChI is InChI=1S/C11H24N2O2S/c1-8(2)5-10(14)6-12-11(15)13-9(3)7-16-4/h8-10,14H,5-7H2,1-4H3,(H2,12,13,15). The molecule has 4 nitrogen and oxygen atoms in total. The third kappa shape index (κ3) is 8.85. The molecule has 0 spiro atoms. The van der Waals surface area contributed by atoms with Gasteiger partial charge >= 0.3 is 6.03 Å². The number of carbonyl (C=O) groups is 1. The van der Waals surface area contributed by atoms with Crippen LogP contribution >= 0.6 is 11.8 Å². The molecular formula is C11H24N2O2S. The Balaban J connectivity index is 3.64. The van der Waals surface area contributed by atoms with E-state index in [9.17, 15) is 9.90 Å². The van der Waals surface area contributed by atoms with E-state index in [1.54, 1.807) is 11.8 Å². The fourth-order valence-corrected chi connectivity index (χ4v) is 1.99. The zero-order valence-corrected chi connectivity index (χ0v) is 11.4. The Bertz CT molecular complexity index is 200. The summed E-state index contributed by atoms with van der Waals surface area (Å²) in [5.41, 5.74) is 0. The van der Waals surface area contributed by atoms with Crippen LogP contribution in [0, 0.1) is 5.92 Å². The minimum atomic E-state index is -0.457. The van der Waals surface area contributed by atoms with E-state index in [1.165, 1.54) is 0 Å². The van der Waals surface area contributed by atoms with Gasteiger partial charge in [0.25, 0.3) is 0 Å². The quantitative estimate of drug-likeness (QED) is 0.639. The molecule has 3 N–H and O–H groups in total. The number of hydrogen-bond acceptors (Lipinski definition) is 3. The van der Waals surface area contributed by atoms with Crippen molar-refractivity contribution in [2.45, 2.75) is 39.3 Å². The van der Waals surface area contributed by atoms with Gasteiger partial charge in [0.2, 0.25) is 0 Å². The van der Waals surface area contributed by atoms with E-state index in [4.69, 9.17) is 0 Å². The molecule has 0 radical (unpaired) electrons. The lowest BCUT2D eigenvalue weighted by Gasteiger charge is -2.16. The van der Waals surface area contributed by atoms with E-state index < -0.39 is 6.10 Å². The van der Waals surface area contributed by atoms with Gasteiger partial charge in [-0.1, -0.05) is 13.8 Å². The Kier molecular flexibility index (Phi) is 8.47. The van der Waals surface area contributed by atoms with Crippen LogP contribution in [0.25, 0.3) is 0 Å². The van der Waals surface area contributed by atoms with Crippen LogP contribution in [0.1, 0.15) is 27.2 Å². The van der Waals surface area contributed by atoms with Crippen molar-refractivity contribution in [1.29, 1.82) is 0 Å². The number of urea groups is 1. The lowest BCUT2D eigenvalue weighted by molar-refractivity contribution is 0.146. The second kappa shape index (κ2) is 8.70. The fraction of sp³-hybridized carbons (Fsp3) is 0.909. The molecule has 0 bridgehead atoms. The second-order valence-corrected chi connectivity index (χ2v) is 5.40. The van der Waals surface area contributed by atoms with Crippen molar-refractivity contribution in [1.82, 2.24) is 10.6 Å². The van der Waals surface area contributed by atoms with Crippen LogP contribution in [0.5, 0.6) is 0 Å². The van der Waals surface area contributed by atoms with Gasteiger partial charge in [-0.3, -0.25) is 0 Å². The SMILES string of the molecule is CSCC(C)NC(=O)NCC(O)CC(C)C. The van der Waals surface area contributed by atoms with Gasteiger partial charge in [0.1, 0.15) is 0 Å². The minimum absolute atomic E-state index is 0.150. The number of hydrogen-bond donors (Lipinski definition) is 3. The van der Waals surface area contributed by atoms with Gasteiger partial charge in [-0.05, 0) is 25.5 Å². The van der Waals surface area contributed by atoms with E-state index in [1.807, 2.05) is 27.0 Å². The van der Waals surface area contributed by atoms with Crippen LogP contribution in [0.3, 0.4) is 0 Å². The van der Waals surface area contributed by atoms with E-state index in [-0.39, 0.29) is 12.1 Å². The normalized spacial score (nSPS) is 14.6. The van der Waals surface area contributed by atoms with Crippen LogP contribution < -0.4 is 10.6 Å². The number of thioether (sulfide) groups is 1. The molecule has 0 aliphatic heterocycles. The van der Waals surface area contributed by atoms with Gasteiger partial charge < -0.3 is 15.7 Å². The largest absolute Gasteiger partial charge is 0.391 e. The molecule has 0 aromatic carbocycles. The van der Waals surface area contributed by atoms with Crippen molar-refractivity contribution in [2.75, 3.05) is 18.6 Å². The lowest BCUT2D eigenvalue weighted by atomic mass is 10.1. The van der Waals surface area contributed by atoms with Crippen LogP contribution in [0.15, 0.2) is 0 Å². The highest BCUT2D eigenvalue weighted by Gasteiger charge is 2.10. The highest BCUT2D eigenvalue weighted by molar-refractivity contribution is 7.98. The average Bonchev–Trinajstić information content (AvgIpc) is 2.14. The summed E-state index contributed by atoms with van der Waals surface area (Å²) in [6, 6.07) is -0.0541. The maximum Gasteiger partial charge on any atom is 0.315 e. The number of amides is 2. The van der Waals surface area contributed by atoms with E-state index >= 15 is 0 Å². The van der Waals surface area contributed by atoms with Gasteiger partial charge in [0.15, 0.2) is 0 Å². The highest BCUT2D eigenvalue weighted by atomic mass is 32.2. The predicted molar refractivity (Wildman–Crippen MR) is 69.8 cm³/mol. The first-order chi connectivity index (χ1) is 7.45. The zero-order valence-electron chi connectivity index (χ0n) is 10.6. The van der Waals surface area contributed by atoms with Crippen LogP contribution in [-0.4, -0.2) is 41.8 Å². The number of carbonyl (C=O) groups excluding carboxylic acids is 1. The smallest absolute Gasteiger partial charge is 0.315 e. The molecule has 0 aliphatic rings. The summed E-state index contributed by atoms with van der Waals surface area (Å²) in [5.74, 6) is 1.33. The molecule has 0 aliphatic carbocycles. The third-order valence-electron chi connectivity index (χ3n) is 2.04. The molecule has 0 aromatic heterocycles. The topological polar surface area (TPSA) is 61.4 Å². The highest BCUT2D eigenvalue weighted by Crippen LogP contribution is 2.03. The first-order valence-electron chi connectivity index (χ1n) is 5.67. The monoisotopic (exact) mass is 248 g/mol. The van der Waals surface area contributed by atoms with Gasteiger partial charge in [-0.2, -0.15) is 11.8 Å². The molecule has 0 fully saturated rings. The van der Waals surface area contributed by atoms with Gasteiger partial charge in [-0.15, -0.1) is 0 Å². The first-order valence-corrected chi connectivity index (χ1v) is 7.06. The molecule has 0 saturated carbocycles. The van der Waals surface area contributed by atoms with E-state index in [0.717, 1.165) is 5.75 Å². The Hall–Kier alpha value is -0.420. The molecule has 2 unspecified atom stereocenters. The minimum Gasteiger partial charge on any atom is -0.391 e. The number of aliphatic hydroxyl groups is 1. The fourth-order valence-electron chi connectivity index (χ4n) is 1.40. The molecule has 2 atom stereocenters. The van der Waals surface area contributed by atoms with Gasteiger partial charge in [0.05, 0.1) is 6.10 Å². The molecule has 0 aromatic rings. The summed E-state index contributed by atoms with van der Waals surface area (Å²) in [5, 5.41) is 15.0. The van der Waals surface area contributed by atoms with Crippen molar-refractivity contribution in [3.05, 3.63) is 0 Å². The Morgan fingerprint density at radius 3 is 2.50 bits per heavy atom. The number of nitrogens with one attached hydrogen (secondary N) is 2. The molecule has 0 saturated heterocycles. The first kappa shape index (κ1) is 15.6. The summed E-state index contributed by atoms with van der Waals surface area (Å²) in [6.07, 6.45) is 2.25. The molecule has 96 valence electrons. The number of rotatable bonds is 7. The molecular weight excluding hydrogens is 224 g/mol. The summed E-state index contributed by atoms with van der Waals surface area (Å²) in [4.78, 5) is 11.4. The van der Waals surface area contributed by atoms with Crippen molar-refractivity contribution in [2.24, 2.45) is 5.92 Å². The second-order valence-electron chi connectivity index (χ2n) is 4.49. The molecule has 5 heteroatoms. The maximum atomic E-state index is 11.4. The van der Waals surface area contributed by atoms with Crippen molar-refractivity contribution in [3.8, 4) is 0 Å². The molecule has 16 heavy (non-hydrogen) atoms. The van der Waals surface area contributed by atoms with Crippen LogP contribution in [0.4, 0.5) is 4.79 Å². The Morgan fingerprint density at radius 2 is 2.00 bits per heavy atom. The predicted octanol–water partition coefficient (Wildman–Crippen LogP) is 1.44. The summed E-state index contributed by atoms with van der Waals surface area (Å²) < 4.78 is 0. The van der Waals surface area contributed by atoms with E-state index in [0.29, 0.717) is 18.9 Å². The molecule has 0 heterocycles. The maximum absolute atomic E-state index is 11.4. The lowest BCUT2D eigenvalue weighted by Crippen LogP contribution is -2.44. The Labute approximate surface area is 103 Å². The van der Waals surface area contributed by atoms with Crippen LogP contribution in [0.2, 0.25) is 0 Å². The average molecular weight is 248 g/mol. The van der Waals surface area contributed by atoms with E-state index in [2.05, 4.69) is 10.6 Å². The Morgan fingerprint density at radius 1 is 1.38 bits per heavy atom. The summed E-state index contributed by atoms with van der Waals surface area (Å²) in [7, 11) is 0. The molecule has 0 rings (SSSR count). The number of aliphatic hydroxyl groups excluding tert-OH is 1. The third-order valence-corrected chi connectivity index (χ3v) is 2.87. The van der Waals surface area contributed by atoms with Crippen molar-refractivity contribution in [3.63, 3.8) is 0 Å². The summed E-state index contributed by atoms with van der Waals surface area (Å²) >= 11 is 1.69. The summed E-state index contributed by atoms with van der Waals surface area (Å²) in [6.45, 7) is 6.37. The van der Waals surface area contributed by atoms with Gasteiger partial charge in [0, 0.05) is 18.3 Å². The van der Waals surface area contributed by atoms with Gasteiger partial charge in [-0.25, -0.2) is 4.79 Å². The van der Waals surface area contributed by atoms with Crippen molar-refractivity contribution >= 4 is 17.8 Å².